The fraction of sp³-hybridized carbons (Fsp3) is 0.440. The Morgan fingerprint density at radius 1 is 1.11 bits per heavy atom. The summed E-state index contributed by atoms with van der Waals surface area (Å²) >= 11 is 0. The molecule has 10 heteroatoms. The molecule has 2 aromatic carbocycles. The molecule has 0 aromatic heterocycles. The Hall–Kier alpha value is -3.27. The zero-order valence-corrected chi connectivity index (χ0v) is 21.4. The highest BCUT2D eigenvalue weighted by Gasteiger charge is 2.29. The summed E-state index contributed by atoms with van der Waals surface area (Å²) in [6.07, 6.45) is 1.97. The highest BCUT2D eigenvalue weighted by molar-refractivity contribution is 7.92. The fourth-order valence-corrected chi connectivity index (χ4v) is 5.06. The number of likely N-dealkylation sites (N-methyl/N-ethyl adjacent to an activating group) is 1. The molecule has 0 radical (unpaired) electrons. The van der Waals surface area contributed by atoms with Crippen LogP contribution in [-0.2, 0) is 26.2 Å². The Balaban J connectivity index is 1.75. The number of amides is 2. The number of sulfonamides is 1. The summed E-state index contributed by atoms with van der Waals surface area (Å²) in [5, 5.41) is 2.65. The molecule has 1 heterocycles. The number of carbonyl (C=O) groups is 2. The van der Waals surface area contributed by atoms with Crippen molar-refractivity contribution in [2.45, 2.75) is 45.7 Å². The van der Waals surface area contributed by atoms with Gasteiger partial charge >= 0.3 is 0 Å². The number of nitrogens with zero attached hydrogens (tertiary/aromatic N) is 2. The Kier molecular flexibility index (Phi) is 8.61. The van der Waals surface area contributed by atoms with Crippen LogP contribution >= 0.6 is 0 Å². The highest BCUT2D eigenvalue weighted by atomic mass is 32.2. The lowest BCUT2D eigenvalue weighted by Gasteiger charge is -2.31. The second-order valence-electron chi connectivity index (χ2n) is 8.46. The van der Waals surface area contributed by atoms with Crippen molar-refractivity contribution in [3.05, 3.63) is 53.6 Å². The average Bonchev–Trinajstić information content (AvgIpc) is 3.29. The SMILES string of the molecule is CCC(C(=O)NC)N(Cc1ccccc1C)C(=O)CCCN(c1ccc2c(c1)OCO2)S(C)(=O)=O. The number of anilines is 1. The van der Waals surface area contributed by atoms with Gasteiger partial charge in [-0.2, -0.15) is 0 Å². The van der Waals surface area contributed by atoms with Crippen molar-refractivity contribution in [3.63, 3.8) is 0 Å². The molecule has 1 aliphatic heterocycles. The third kappa shape index (κ3) is 6.45. The summed E-state index contributed by atoms with van der Waals surface area (Å²) in [5.41, 5.74) is 2.43. The number of benzene rings is 2. The predicted octanol–water partition coefficient (Wildman–Crippen LogP) is 2.82. The van der Waals surface area contributed by atoms with Gasteiger partial charge in [0.1, 0.15) is 6.04 Å². The van der Waals surface area contributed by atoms with Crippen LogP contribution in [-0.4, -0.2) is 57.8 Å². The van der Waals surface area contributed by atoms with E-state index in [2.05, 4.69) is 5.32 Å². The smallest absolute Gasteiger partial charge is 0.242 e. The van der Waals surface area contributed by atoms with Gasteiger partial charge in [-0.15, -0.1) is 0 Å². The largest absolute Gasteiger partial charge is 0.454 e. The number of ether oxygens (including phenoxy) is 2. The number of hydrogen-bond acceptors (Lipinski definition) is 6. The Morgan fingerprint density at radius 2 is 1.83 bits per heavy atom. The molecule has 0 saturated carbocycles. The topological polar surface area (TPSA) is 105 Å². The number of hydrogen-bond donors (Lipinski definition) is 1. The lowest BCUT2D eigenvalue weighted by atomic mass is 10.1. The number of carbonyl (C=O) groups excluding carboxylic acids is 2. The van der Waals surface area contributed by atoms with Crippen LogP contribution < -0.4 is 19.1 Å². The summed E-state index contributed by atoms with van der Waals surface area (Å²) in [4.78, 5) is 27.5. The molecule has 0 fully saturated rings. The van der Waals surface area contributed by atoms with E-state index >= 15 is 0 Å². The van der Waals surface area contributed by atoms with Crippen LogP contribution in [0.1, 0.15) is 37.3 Å². The van der Waals surface area contributed by atoms with E-state index in [-0.39, 0.29) is 38.0 Å². The molecule has 2 aromatic rings. The summed E-state index contributed by atoms with van der Waals surface area (Å²) in [6.45, 7) is 4.33. The van der Waals surface area contributed by atoms with Gasteiger partial charge in [-0.25, -0.2) is 8.42 Å². The summed E-state index contributed by atoms with van der Waals surface area (Å²) in [7, 11) is -2.05. The zero-order chi connectivity index (χ0) is 25.6. The van der Waals surface area contributed by atoms with Gasteiger partial charge in [-0.05, 0) is 43.0 Å². The number of fused-ring (bicyclic) bond motifs is 1. The van der Waals surface area contributed by atoms with Crippen LogP contribution in [0.3, 0.4) is 0 Å². The molecule has 0 saturated heterocycles. The van der Waals surface area contributed by atoms with Crippen molar-refractivity contribution in [1.29, 1.82) is 0 Å². The first-order chi connectivity index (χ1) is 16.7. The van der Waals surface area contributed by atoms with Crippen LogP contribution in [0.4, 0.5) is 5.69 Å². The summed E-state index contributed by atoms with van der Waals surface area (Å²) in [5.74, 6) is 0.604. The standard InChI is InChI=1S/C25H33N3O6S/c1-5-21(25(30)26-3)27(16-19-10-7-6-9-18(19)2)24(29)11-8-14-28(35(4,31)32)20-12-13-22-23(15-20)34-17-33-22/h6-7,9-10,12-13,15,21H,5,8,11,14,16-17H2,1-4H3,(H,26,30). The monoisotopic (exact) mass is 503 g/mol. The first-order valence-electron chi connectivity index (χ1n) is 11.6. The van der Waals surface area contributed by atoms with E-state index in [4.69, 9.17) is 9.47 Å². The van der Waals surface area contributed by atoms with E-state index in [1.54, 1.807) is 30.1 Å². The molecule has 0 spiro atoms. The normalized spacial score (nSPS) is 13.3. The molecule has 1 N–H and O–H groups in total. The van der Waals surface area contributed by atoms with Crippen molar-refractivity contribution in [1.82, 2.24) is 10.2 Å². The first-order valence-corrected chi connectivity index (χ1v) is 13.4. The minimum atomic E-state index is -3.60. The van der Waals surface area contributed by atoms with Crippen LogP contribution in [0.5, 0.6) is 11.5 Å². The minimum Gasteiger partial charge on any atom is -0.454 e. The van der Waals surface area contributed by atoms with Gasteiger partial charge < -0.3 is 19.7 Å². The Bertz CT molecular complexity index is 1170. The van der Waals surface area contributed by atoms with Gasteiger partial charge in [0.25, 0.3) is 0 Å². The van der Waals surface area contributed by atoms with E-state index in [0.29, 0.717) is 30.2 Å². The van der Waals surface area contributed by atoms with E-state index in [0.717, 1.165) is 17.4 Å². The maximum atomic E-state index is 13.3. The molecular formula is C25H33N3O6S. The molecule has 1 unspecified atom stereocenters. The Morgan fingerprint density at radius 3 is 2.49 bits per heavy atom. The molecule has 35 heavy (non-hydrogen) atoms. The number of aryl methyl sites for hydroxylation is 1. The number of nitrogens with one attached hydrogen (secondary N) is 1. The third-order valence-electron chi connectivity index (χ3n) is 6.03. The zero-order valence-electron chi connectivity index (χ0n) is 20.6. The van der Waals surface area contributed by atoms with Gasteiger partial charge in [-0.1, -0.05) is 31.2 Å². The van der Waals surface area contributed by atoms with E-state index in [1.165, 1.54) is 4.31 Å². The molecule has 1 atom stereocenters. The van der Waals surface area contributed by atoms with E-state index in [1.807, 2.05) is 38.1 Å². The molecule has 9 nitrogen and oxygen atoms in total. The van der Waals surface area contributed by atoms with Gasteiger partial charge in [0, 0.05) is 32.6 Å². The fourth-order valence-electron chi connectivity index (χ4n) is 4.10. The van der Waals surface area contributed by atoms with Gasteiger partial charge in [0.2, 0.25) is 28.6 Å². The minimum absolute atomic E-state index is 0.0901. The second-order valence-corrected chi connectivity index (χ2v) is 10.4. The van der Waals surface area contributed by atoms with E-state index in [9.17, 15) is 18.0 Å². The first kappa shape index (κ1) is 26.3. The Labute approximate surface area is 207 Å². The molecule has 3 rings (SSSR count). The molecule has 2 amide bonds. The maximum Gasteiger partial charge on any atom is 0.242 e. The lowest BCUT2D eigenvalue weighted by Crippen LogP contribution is -2.48. The summed E-state index contributed by atoms with van der Waals surface area (Å²) in [6, 6.07) is 12.1. The summed E-state index contributed by atoms with van der Waals surface area (Å²) < 4.78 is 36.9. The van der Waals surface area contributed by atoms with Crippen molar-refractivity contribution in [2.75, 3.05) is 30.9 Å². The third-order valence-corrected chi connectivity index (χ3v) is 7.22. The predicted molar refractivity (Wildman–Crippen MR) is 134 cm³/mol. The van der Waals surface area contributed by atoms with Crippen LogP contribution in [0, 0.1) is 6.92 Å². The lowest BCUT2D eigenvalue weighted by molar-refractivity contribution is -0.141. The van der Waals surface area contributed by atoms with E-state index < -0.39 is 16.1 Å². The molecule has 190 valence electrons. The molecule has 1 aliphatic rings. The highest BCUT2D eigenvalue weighted by Crippen LogP contribution is 2.36. The van der Waals surface area contributed by atoms with Crippen molar-refractivity contribution in [2.24, 2.45) is 0 Å². The van der Waals surface area contributed by atoms with Crippen LogP contribution in [0.2, 0.25) is 0 Å². The molecule has 0 aliphatic carbocycles. The second kappa shape index (κ2) is 11.4. The quantitative estimate of drug-likeness (QED) is 0.506. The van der Waals surface area contributed by atoms with Gasteiger partial charge in [-0.3, -0.25) is 13.9 Å². The van der Waals surface area contributed by atoms with Gasteiger partial charge in [0.05, 0.1) is 11.9 Å². The average molecular weight is 504 g/mol. The molecular weight excluding hydrogens is 470 g/mol. The van der Waals surface area contributed by atoms with Gasteiger partial charge in [0.15, 0.2) is 11.5 Å². The number of rotatable bonds is 11. The maximum absolute atomic E-state index is 13.3. The van der Waals surface area contributed by atoms with Crippen molar-refractivity contribution in [3.8, 4) is 11.5 Å². The van der Waals surface area contributed by atoms with Crippen LogP contribution in [0.25, 0.3) is 0 Å². The van der Waals surface area contributed by atoms with Crippen LogP contribution in [0.15, 0.2) is 42.5 Å². The van der Waals surface area contributed by atoms with Crippen molar-refractivity contribution < 1.29 is 27.5 Å². The van der Waals surface area contributed by atoms with Crippen molar-refractivity contribution >= 4 is 27.5 Å². The molecule has 0 bridgehead atoms.